The minimum atomic E-state index is -1.19. The molecule has 3 aromatic carbocycles. The molecule has 14 nitrogen and oxygen atoms in total. The first-order valence-electron chi connectivity index (χ1n) is 19.7. The lowest BCUT2D eigenvalue weighted by molar-refractivity contribution is -0.181. The number of likely N-dealkylation sites (N-methyl/N-ethyl adjacent to an activating group) is 1. The number of aliphatic hydroxyl groups excluding tert-OH is 1. The van der Waals surface area contributed by atoms with Crippen molar-refractivity contribution < 1.29 is 48.2 Å². The third-order valence-corrected chi connectivity index (χ3v) is 14.6. The lowest BCUT2D eigenvalue weighted by Crippen LogP contribution is -2.69. The fraction of sp³-hybridized carbons (Fsp3) is 0.442. The molecule has 0 amide bonds. The number of aromatic nitrogens is 1. The van der Waals surface area contributed by atoms with Crippen molar-refractivity contribution in [2.24, 2.45) is 0 Å². The number of fused-ring (bicyclic) bond motifs is 12. The number of phenols is 1. The number of para-hydroxylation sites is 1. The lowest BCUT2D eigenvalue weighted by atomic mass is 9.73. The second-order valence-corrected chi connectivity index (χ2v) is 17.1. The molecule has 0 radical (unpaired) electrons. The number of nitrogens with zero attached hydrogens (tertiary/aromatic N) is 2. The summed E-state index contributed by atoms with van der Waals surface area (Å²) in [6.45, 7) is 7.62. The maximum atomic E-state index is 14.9. The smallest absolute Gasteiger partial charge is 0.504 e. The first-order valence-corrected chi connectivity index (χ1v) is 20.7. The van der Waals surface area contributed by atoms with E-state index in [1.165, 1.54) is 17.8 Å². The number of aromatic amines is 1. The molecule has 304 valence electrons. The molecule has 2 fully saturated rings. The number of hydrogen-bond acceptors (Lipinski definition) is 14. The van der Waals surface area contributed by atoms with Gasteiger partial charge in [-0.25, -0.2) is 4.79 Å². The zero-order chi connectivity index (χ0) is 40.2. The summed E-state index contributed by atoms with van der Waals surface area (Å²) in [5.41, 5.74) is 5.91. The Kier molecular flexibility index (Phi) is 9.00. The van der Waals surface area contributed by atoms with Crippen LogP contribution < -0.4 is 24.3 Å². The lowest BCUT2D eigenvalue weighted by Gasteiger charge is -2.61. The Morgan fingerprint density at radius 3 is 2.78 bits per heavy atom. The van der Waals surface area contributed by atoms with Crippen molar-refractivity contribution in [2.75, 3.05) is 53.1 Å². The van der Waals surface area contributed by atoms with Crippen LogP contribution in [0.5, 0.6) is 28.7 Å². The van der Waals surface area contributed by atoms with E-state index in [1.807, 2.05) is 45.2 Å². The Morgan fingerprint density at radius 2 is 1.97 bits per heavy atom. The molecule has 1 aromatic heterocycles. The van der Waals surface area contributed by atoms with Crippen LogP contribution in [-0.2, 0) is 32.6 Å². The summed E-state index contributed by atoms with van der Waals surface area (Å²) in [5, 5.41) is 29.0. The number of rotatable bonds is 4. The Balaban J connectivity index is 1.24. The summed E-state index contributed by atoms with van der Waals surface area (Å²) in [6, 6.07) is 7.98. The largest absolute Gasteiger partial charge is 0.514 e. The maximum Gasteiger partial charge on any atom is 0.514 e. The number of ether oxygens (including phenoxy) is 6. The highest BCUT2D eigenvalue weighted by atomic mass is 32.2. The zero-order valence-electron chi connectivity index (χ0n) is 32.8. The van der Waals surface area contributed by atoms with Gasteiger partial charge in [0.05, 0.1) is 37.1 Å². The molecule has 15 heteroatoms. The topological polar surface area (TPSA) is 164 Å². The normalized spacial score (nSPS) is 28.6. The molecule has 1 spiro atoms. The molecule has 7 atom stereocenters. The van der Waals surface area contributed by atoms with Gasteiger partial charge in [-0.3, -0.25) is 19.9 Å². The number of benzene rings is 3. The molecule has 4 N–H and O–H groups in total. The first kappa shape index (κ1) is 37.5. The molecule has 2 saturated heterocycles. The first-order chi connectivity index (χ1) is 28.1. The monoisotopic (exact) mass is 810 g/mol. The fourth-order valence-corrected chi connectivity index (χ4v) is 12.4. The van der Waals surface area contributed by atoms with E-state index >= 15 is 0 Å². The third kappa shape index (κ3) is 5.23. The van der Waals surface area contributed by atoms with Crippen molar-refractivity contribution in [3.63, 3.8) is 0 Å². The minimum Gasteiger partial charge on any atom is -0.504 e. The highest BCUT2D eigenvalue weighted by molar-refractivity contribution is 7.99. The van der Waals surface area contributed by atoms with E-state index in [0.29, 0.717) is 52.5 Å². The number of aryl methyl sites for hydroxylation is 1. The molecule has 8 heterocycles. The molecular formula is C43H46N4O10S. The van der Waals surface area contributed by atoms with Crippen molar-refractivity contribution in [1.29, 1.82) is 0 Å². The summed E-state index contributed by atoms with van der Waals surface area (Å²) in [6.07, 6.45) is 0.724. The van der Waals surface area contributed by atoms with Gasteiger partial charge < -0.3 is 43.6 Å². The molecule has 4 aromatic rings. The summed E-state index contributed by atoms with van der Waals surface area (Å²) in [7, 11) is 3.52. The van der Waals surface area contributed by atoms with E-state index in [2.05, 4.69) is 32.7 Å². The van der Waals surface area contributed by atoms with Crippen LogP contribution in [0.25, 0.3) is 10.9 Å². The van der Waals surface area contributed by atoms with Gasteiger partial charge in [0.1, 0.15) is 30.7 Å². The number of aliphatic hydroxyl groups is 1. The van der Waals surface area contributed by atoms with Crippen molar-refractivity contribution >= 4 is 34.6 Å². The van der Waals surface area contributed by atoms with Crippen LogP contribution in [0, 0.1) is 13.8 Å². The van der Waals surface area contributed by atoms with Gasteiger partial charge in [-0.2, -0.15) is 0 Å². The number of carbonyl (C=O) groups excluding carboxylic acids is 2. The van der Waals surface area contributed by atoms with E-state index in [9.17, 15) is 19.8 Å². The molecule has 58 heavy (non-hydrogen) atoms. The molecule has 1 unspecified atom stereocenters. The number of thioether (sulfide) groups is 1. The van der Waals surface area contributed by atoms with Crippen LogP contribution in [0.3, 0.4) is 0 Å². The van der Waals surface area contributed by atoms with Gasteiger partial charge in [0.25, 0.3) is 0 Å². The number of phenolic OH excluding ortho intramolecular Hbond substituents is 1. The van der Waals surface area contributed by atoms with Crippen LogP contribution in [-0.4, -0.2) is 108 Å². The standard InChI is InChI=1S/C43H46N4O10S/c1-6-13-54-42(51)57-36-21(3)37-38(56-19-55-37)30-27-16-53-17-28(48)43(40-24(11-12-44-43)23-9-7-8-10-25(23)45-40)18-58-39(31(30)36)33-32-29-22(14-20(2)35(52-5)34(29)49)15-26(46(32)4)41(50)47(27)33/h6-10,14,26-27,32-33,39,41,44-45,49-50H,1,11-13,15-19H2,2-5H3/t26-,27+,32+,33?,39+,41-,43-/m0/s1. The second-order valence-electron chi connectivity index (χ2n) is 16.0. The molecule has 7 aliphatic heterocycles. The maximum absolute atomic E-state index is 14.9. The van der Waals surface area contributed by atoms with Crippen molar-refractivity contribution in [3.8, 4) is 28.7 Å². The molecule has 11 rings (SSSR count). The second kappa shape index (κ2) is 13.9. The van der Waals surface area contributed by atoms with Gasteiger partial charge in [0, 0.05) is 57.2 Å². The zero-order valence-corrected chi connectivity index (χ0v) is 33.6. The fourth-order valence-electron chi connectivity index (χ4n) is 10.7. The average molecular weight is 811 g/mol. The Morgan fingerprint density at radius 1 is 1.16 bits per heavy atom. The minimum absolute atomic E-state index is 0.0161. The van der Waals surface area contributed by atoms with Crippen LogP contribution in [0.4, 0.5) is 4.79 Å². The van der Waals surface area contributed by atoms with Gasteiger partial charge in [-0.15, -0.1) is 11.8 Å². The van der Waals surface area contributed by atoms with E-state index in [4.69, 9.17) is 28.4 Å². The van der Waals surface area contributed by atoms with E-state index in [0.717, 1.165) is 39.7 Å². The molecule has 0 aliphatic carbocycles. The van der Waals surface area contributed by atoms with Gasteiger partial charge >= 0.3 is 6.16 Å². The van der Waals surface area contributed by atoms with Gasteiger partial charge in [-0.1, -0.05) is 36.9 Å². The highest BCUT2D eigenvalue weighted by Gasteiger charge is 2.61. The van der Waals surface area contributed by atoms with Crippen LogP contribution >= 0.6 is 11.8 Å². The number of hydrogen-bond donors (Lipinski definition) is 4. The van der Waals surface area contributed by atoms with Gasteiger partial charge in [-0.05, 0) is 56.5 Å². The third-order valence-electron chi connectivity index (χ3n) is 13.1. The Hall–Kier alpha value is -4.77. The number of methoxy groups -OCH3 is 1. The Labute approximate surface area is 339 Å². The number of nitrogens with one attached hydrogen (secondary N) is 2. The van der Waals surface area contributed by atoms with E-state index in [1.54, 1.807) is 7.11 Å². The van der Waals surface area contributed by atoms with E-state index < -0.39 is 41.3 Å². The number of H-pyrrole nitrogens is 1. The van der Waals surface area contributed by atoms with Crippen molar-refractivity contribution in [3.05, 3.63) is 87.6 Å². The predicted molar refractivity (Wildman–Crippen MR) is 214 cm³/mol. The number of carbonyl (C=O) groups is 2. The van der Waals surface area contributed by atoms with Crippen LogP contribution in [0.2, 0.25) is 0 Å². The molecule has 0 saturated carbocycles. The van der Waals surface area contributed by atoms with E-state index in [-0.39, 0.29) is 55.7 Å². The van der Waals surface area contributed by atoms with Crippen molar-refractivity contribution in [1.82, 2.24) is 20.1 Å². The summed E-state index contributed by atoms with van der Waals surface area (Å²) in [5.74, 6) is 1.70. The number of ketones is 1. The van der Waals surface area contributed by atoms with Crippen LogP contribution in [0.1, 0.15) is 62.0 Å². The molecule has 4 bridgehead atoms. The average Bonchev–Trinajstić information content (AvgIpc) is 3.85. The van der Waals surface area contributed by atoms with Crippen LogP contribution in [0.15, 0.2) is 43.0 Å². The number of piperazine rings is 1. The summed E-state index contributed by atoms with van der Waals surface area (Å²) >= 11 is 1.54. The summed E-state index contributed by atoms with van der Waals surface area (Å²) < 4.78 is 36.3. The van der Waals surface area contributed by atoms with Gasteiger partial charge in [0.15, 0.2) is 28.8 Å². The van der Waals surface area contributed by atoms with Gasteiger partial charge in [0.2, 0.25) is 6.79 Å². The Bertz CT molecular complexity index is 2400. The number of aromatic hydroxyl groups is 1. The summed E-state index contributed by atoms with van der Waals surface area (Å²) in [4.78, 5) is 36.2. The van der Waals surface area contributed by atoms with Crippen molar-refractivity contribution in [2.45, 2.75) is 67.9 Å². The predicted octanol–water partition coefficient (Wildman–Crippen LogP) is 5.00. The molecule has 7 aliphatic rings. The SMILES string of the molecule is C=CCOC(=O)Oc1c(C)c2c(c3c1[C@H]1SC[C@]4(NCCc5c4[nH]c4ccccc54)C(=O)COC[C@H]3N3C1[C@H]1c4c(cc(C)c(OC)c4O)C[C@@H]([C@@H]3O)N1C)OCO2. The number of Topliss-reactive ketones (excluding diaryl/α,β-unsaturated/α-hetero) is 1. The quantitative estimate of drug-likeness (QED) is 0.124. The molecular weight excluding hydrogens is 765 g/mol. The highest BCUT2D eigenvalue weighted by Crippen LogP contribution is 2.64.